The number of benzene rings is 1. The Morgan fingerprint density at radius 2 is 2.12 bits per heavy atom. The van der Waals surface area contributed by atoms with Gasteiger partial charge < -0.3 is 0 Å². The van der Waals surface area contributed by atoms with Crippen LogP contribution in [-0.2, 0) is 0 Å². The normalized spacial score (nSPS) is 15.3. The van der Waals surface area contributed by atoms with E-state index in [2.05, 4.69) is 9.89 Å². The van der Waals surface area contributed by atoms with Crippen molar-refractivity contribution in [2.45, 2.75) is 12.8 Å². The van der Waals surface area contributed by atoms with Crippen LogP contribution in [0.25, 0.3) is 0 Å². The third kappa shape index (κ3) is 2.30. The van der Waals surface area contributed by atoms with E-state index in [0.717, 1.165) is 24.9 Å². The Kier molecular flexibility index (Phi) is 3.34. The topological polar surface area (TPSA) is 32.1 Å². The van der Waals surface area contributed by atoms with Gasteiger partial charge in [0.2, 0.25) is 11.6 Å². The standard InChI is InChI=1S/C13H16N2O/c1-14-13-8-5-9-15(13)10-12(16)11-6-3-2-4-7-11/h2-4,6-7H,5,8-10H2,1H3/p+1. The number of ketones is 1. The first-order valence-corrected chi connectivity index (χ1v) is 5.68. The number of hydrogen-bond acceptors (Lipinski definition) is 2. The molecule has 0 radical (unpaired) electrons. The lowest BCUT2D eigenvalue weighted by atomic mass is 10.1. The van der Waals surface area contributed by atoms with Crippen LogP contribution in [0, 0.1) is 0 Å². The molecule has 0 spiro atoms. The van der Waals surface area contributed by atoms with E-state index >= 15 is 0 Å². The maximum absolute atomic E-state index is 12.0. The van der Waals surface area contributed by atoms with Crippen molar-refractivity contribution in [3.8, 4) is 0 Å². The lowest BCUT2D eigenvalue weighted by Gasteiger charge is -2.03. The van der Waals surface area contributed by atoms with E-state index < -0.39 is 0 Å². The molecule has 1 aliphatic heterocycles. The van der Waals surface area contributed by atoms with Crippen LogP contribution >= 0.6 is 0 Å². The molecule has 3 heteroatoms. The van der Waals surface area contributed by atoms with E-state index in [1.54, 1.807) is 0 Å². The van der Waals surface area contributed by atoms with Crippen LogP contribution in [0.15, 0.2) is 30.3 Å². The van der Waals surface area contributed by atoms with E-state index in [-0.39, 0.29) is 5.78 Å². The maximum atomic E-state index is 12.0. The van der Waals surface area contributed by atoms with E-state index in [9.17, 15) is 4.79 Å². The molecule has 0 aliphatic carbocycles. The summed E-state index contributed by atoms with van der Waals surface area (Å²) in [6.07, 6.45) is 2.19. The molecule has 16 heavy (non-hydrogen) atoms. The zero-order valence-electron chi connectivity index (χ0n) is 9.57. The molecule has 0 saturated carbocycles. The zero-order chi connectivity index (χ0) is 11.4. The van der Waals surface area contributed by atoms with Crippen molar-refractivity contribution in [3.63, 3.8) is 0 Å². The molecule has 84 valence electrons. The number of carbonyl (C=O) groups excluding carboxylic acids is 1. The summed E-state index contributed by atoms with van der Waals surface area (Å²) in [6, 6.07) is 9.48. The Morgan fingerprint density at radius 1 is 1.38 bits per heavy atom. The number of hydrogen-bond donors (Lipinski definition) is 1. The molecule has 0 bridgehead atoms. The highest BCUT2D eigenvalue weighted by Gasteiger charge is 2.21. The second kappa shape index (κ2) is 4.92. The summed E-state index contributed by atoms with van der Waals surface area (Å²) in [7, 11) is 1.92. The molecule has 1 aliphatic rings. The first kappa shape index (κ1) is 10.9. The van der Waals surface area contributed by atoms with Gasteiger partial charge in [-0.2, -0.15) is 0 Å². The Balaban J connectivity index is 2.08. The molecule has 1 aromatic rings. The smallest absolute Gasteiger partial charge is 0.244 e. The number of carbonyl (C=O) groups is 1. The summed E-state index contributed by atoms with van der Waals surface area (Å²) in [6.45, 7) is 1.47. The third-order valence-electron chi connectivity index (χ3n) is 2.94. The van der Waals surface area contributed by atoms with Crippen molar-refractivity contribution >= 4 is 11.6 Å². The predicted octanol–water partition coefficient (Wildman–Crippen LogP) is 1.29. The largest absolute Gasteiger partial charge is 0.290 e. The molecule has 0 atom stereocenters. The number of nitrogens with zero attached hydrogens (tertiary/aromatic N) is 1. The number of rotatable bonds is 3. The molecule has 1 aromatic carbocycles. The van der Waals surface area contributed by atoms with Crippen LogP contribution in [0.3, 0.4) is 0 Å². The monoisotopic (exact) mass is 217 g/mol. The highest BCUT2D eigenvalue weighted by molar-refractivity contribution is 5.97. The van der Waals surface area contributed by atoms with Gasteiger partial charge in [-0.05, 0) is 6.42 Å². The molecule has 0 aromatic heterocycles. The van der Waals surface area contributed by atoms with Gasteiger partial charge in [0.05, 0.1) is 20.0 Å². The first-order valence-electron chi connectivity index (χ1n) is 5.68. The molecule has 1 heterocycles. The van der Waals surface area contributed by atoms with Crippen LogP contribution in [0.1, 0.15) is 23.2 Å². The van der Waals surface area contributed by atoms with Crippen molar-refractivity contribution < 1.29 is 9.37 Å². The van der Waals surface area contributed by atoms with Gasteiger partial charge in [0, 0.05) is 5.56 Å². The summed E-state index contributed by atoms with van der Waals surface area (Å²) in [4.78, 5) is 12.0. The van der Waals surface area contributed by atoms with Crippen molar-refractivity contribution in [1.29, 1.82) is 0 Å². The first-order chi connectivity index (χ1) is 7.81. The van der Waals surface area contributed by atoms with Gasteiger partial charge >= 0.3 is 0 Å². The molecule has 0 fully saturated rings. The third-order valence-corrected chi connectivity index (χ3v) is 2.94. The van der Waals surface area contributed by atoms with Crippen molar-refractivity contribution in [2.75, 3.05) is 20.1 Å². The fourth-order valence-corrected chi connectivity index (χ4v) is 2.08. The zero-order valence-corrected chi connectivity index (χ0v) is 9.57. The van der Waals surface area contributed by atoms with E-state index in [1.807, 2.05) is 37.4 Å². The highest BCUT2D eigenvalue weighted by atomic mass is 16.1. The Hall–Kier alpha value is -1.64. The van der Waals surface area contributed by atoms with Crippen molar-refractivity contribution in [2.24, 2.45) is 0 Å². The second-order valence-electron chi connectivity index (χ2n) is 4.01. The highest BCUT2D eigenvalue weighted by Crippen LogP contribution is 2.05. The summed E-state index contributed by atoms with van der Waals surface area (Å²) in [5, 5.41) is 3.16. The van der Waals surface area contributed by atoms with Crippen molar-refractivity contribution in [1.82, 2.24) is 5.32 Å². The van der Waals surface area contributed by atoms with Crippen LogP contribution in [0.2, 0.25) is 0 Å². The summed E-state index contributed by atoms with van der Waals surface area (Å²) >= 11 is 0. The molecule has 3 nitrogen and oxygen atoms in total. The second-order valence-corrected chi connectivity index (χ2v) is 4.01. The Morgan fingerprint density at radius 3 is 2.81 bits per heavy atom. The molecule has 0 unspecified atom stereocenters. The average molecular weight is 217 g/mol. The predicted molar refractivity (Wildman–Crippen MR) is 64.1 cm³/mol. The molecular weight excluding hydrogens is 200 g/mol. The number of amidine groups is 1. The quantitative estimate of drug-likeness (QED) is 0.611. The van der Waals surface area contributed by atoms with Gasteiger partial charge in [-0.3, -0.25) is 14.7 Å². The van der Waals surface area contributed by atoms with Gasteiger partial charge in [0.25, 0.3) is 0 Å². The van der Waals surface area contributed by atoms with Gasteiger partial charge in [-0.15, -0.1) is 0 Å². The van der Waals surface area contributed by atoms with Gasteiger partial charge in [0.1, 0.15) is 6.54 Å². The summed E-state index contributed by atoms with van der Waals surface area (Å²) in [5.74, 6) is 1.37. The average Bonchev–Trinajstić information content (AvgIpc) is 2.77. The fraction of sp³-hybridized carbons (Fsp3) is 0.385. The van der Waals surface area contributed by atoms with Crippen LogP contribution in [0.5, 0.6) is 0 Å². The minimum Gasteiger partial charge on any atom is -0.290 e. The van der Waals surface area contributed by atoms with Crippen LogP contribution in [-0.4, -0.2) is 36.3 Å². The number of Topliss-reactive ketones (excluding diaryl/α,β-unsaturated/α-hetero) is 1. The Bertz CT molecular complexity index is 409. The summed E-state index contributed by atoms with van der Waals surface area (Å²) < 4.78 is 2.13. The maximum Gasteiger partial charge on any atom is 0.244 e. The van der Waals surface area contributed by atoms with Crippen LogP contribution in [0.4, 0.5) is 0 Å². The van der Waals surface area contributed by atoms with Gasteiger partial charge in [-0.1, -0.05) is 30.3 Å². The molecule has 0 amide bonds. The minimum atomic E-state index is 0.190. The molecular formula is C13H17N2O+. The Labute approximate surface area is 95.8 Å². The van der Waals surface area contributed by atoms with Gasteiger partial charge in [0.15, 0.2) is 0 Å². The van der Waals surface area contributed by atoms with Crippen LogP contribution < -0.4 is 5.32 Å². The van der Waals surface area contributed by atoms with E-state index in [1.165, 1.54) is 5.84 Å². The molecule has 1 N–H and O–H groups in total. The molecule has 0 saturated heterocycles. The lowest BCUT2D eigenvalue weighted by molar-refractivity contribution is -0.508. The summed E-state index contributed by atoms with van der Waals surface area (Å²) in [5.41, 5.74) is 0.796. The van der Waals surface area contributed by atoms with Gasteiger partial charge in [-0.25, -0.2) is 0 Å². The van der Waals surface area contributed by atoms with E-state index in [0.29, 0.717) is 6.54 Å². The van der Waals surface area contributed by atoms with E-state index in [4.69, 9.17) is 0 Å². The molecule has 2 rings (SSSR count). The fourth-order valence-electron chi connectivity index (χ4n) is 2.08. The number of nitrogens with one attached hydrogen (secondary N) is 1. The van der Waals surface area contributed by atoms with Crippen molar-refractivity contribution in [3.05, 3.63) is 35.9 Å². The SMILES string of the molecule is CNC1=[N+](CC(=O)c2ccccc2)CCC1. The lowest BCUT2D eigenvalue weighted by Crippen LogP contribution is -2.30. The minimum absolute atomic E-state index is 0.190.